The summed E-state index contributed by atoms with van der Waals surface area (Å²) in [5, 5.41) is 15.7. The van der Waals surface area contributed by atoms with Crippen molar-refractivity contribution < 1.29 is 9.90 Å². The first kappa shape index (κ1) is 10.8. The molecule has 5 heteroatoms. The van der Waals surface area contributed by atoms with Gasteiger partial charge in [-0.15, -0.1) is 0 Å². The summed E-state index contributed by atoms with van der Waals surface area (Å²) in [6.07, 6.45) is 2.42. The molecule has 0 spiro atoms. The monoisotopic (exact) mass is 205 g/mol. The number of hydrogen-bond donors (Lipinski definition) is 4. The molecule has 0 aliphatic rings. The number of amidine groups is 1. The van der Waals surface area contributed by atoms with Crippen molar-refractivity contribution in [1.29, 1.82) is 5.41 Å². The summed E-state index contributed by atoms with van der Waals surface area (Å²) in [5.74, 6) is -1.17. The molecule has 15 heavy (non-hydrogen) atoms. The number of anilines is 1. The molecule has 0 saturated heterocycles. The van der Waals surface area contributed by atoms with Gasteiger partial charge >= 0.3 is 5.97 Å². The third kappa shape index (κ3) is 2.84. The number of nitrogens with one attached hydrogen (secondary N) is 1. The van der Waals surface area contributed by atoms with Gasteiger partial charge in [-0.2, -0.15) is 0 Å². The Labute approximate surface area is 86.5 Å². The van der Waals surface area contributed by atoms with Crippen LogP contribution in [0.25, 0.3) is 6.08 Å². The standard InChI is InChI=1S/C10H11N3O2/c11-8-3-1-6(2-4-9(14)15)5-7(8)10(12)13/h1-5H,11H2,(H3,12,13)(H,14,15)/b4-2+. The molecule has 0 heterocycles. The molecule has 0 atom stereocenters. The first-order chi connectivity index (χ1) is 7.00. The molecule has 1 rings (SSSR count). The van der Waals surface area contributed by atoms with Crippen LogP contribution in [0.4, 0.5) is 5.69 Å². The lowest BCUT2D eigenvalue weighted by atomic mass is 10.1. The third-order valence-electron chi connectivity index (χ3n) is 1.79. The molecule has 0 amide bonds. The highest BCUT2D eigenvalue weighted by atomic mass is 16.4. The highest BCUT2D eigenvalue weighted by Gasteiger charge is 2.02. The van der Waals surface area contributed by atoms with Crippen LogP contribution in [0, 0.1) is 5.41 Å². The second-order valence-electron chi connectivity index (χ2n) is 2.93. The SMILES string of the molecule is N=C(N)c1cc(/C=C/C(=O)O)ccc1N. The molecule has 5 nitrogen and oxygen atoms in total. The van der Waals surface area contributed by atoms with E-state index in [2.05, 4.69) is 0 Å². The maximum Gasteiger partial charge on any atom is 0.328 e. The van der Waals surface area contributed by atoms with Gasteiger partial charge in [0, 0.05) is 17.3 Å². The van der Waals surface area contributed by atoms with Crippen LogP contribution >= 0.6 is 0 Å². The number of carbonyl (C=O) groups is 1. The van der Waals surface area contributed by atoms with Crippen LogP contribution in [0.1, 0.15) is 11.1 Å². The van der Waals surface area contributed by atoms with E-state index in [-0.39, 0.29) is 5.84 Å². The fourth-order valence-electron chi connectivity index (χ4n) is 1.08. The summed E-state index contributed by atoms with van der Waals surface area (Å²) < 4.78 is 0. The van der Waals surface area contributed by atoms with Gasteiger partial charge in [0.2, 0.25) is 0 Å². The van der Waals surface area contributed by atoms with Gasteiger partial charge in [-0.3, -0.25) is 5.41 Å². The van der Waals surface area contributed by atoms with E-state index >= 15 is 0 Å². The second kappa shape index (κ2) is 4.28. The first-order valence-electron chi connectivity index (χ1n) is 4.15. The number of nitrogen functional groups attached to an aromatic ring is 2. The molecule has 78 valence electrons. The van der Waals surface area contributed by atoms with E-state index in [0.29, 0.717) is 16.8 Å². The normalized spacial score (nSPS) is 10.4. The van der Waals surface area contributed by atoms with Crippen LogP contribution in [0.5, 0.6) is 0 Å². The van der Waals surface area contributed by atoms with Crippen LogP contribution < -0.4 is 11.5 Å². The second-order valence-corrected chi connectivity index (χ2v) is 2.93. The number of aliphatic carboxylic acids is 1. The molecule has 0 saturated carbocycles. The number of benzene rings is 1. The minimum atomic E-state index is -1.03. The van der Waals surface area contributed by atoms with Gasteiger partial charge in [0.05, 0.1) is 0 Å². The van der Waals surface area contributed by atoms with Gasteiger partial charge in [0.1, 0.15) is 5.84 Å². The van der Waals surface area contributed by atoms with E-state index in [4.69, 9.17) is 22.0 Å². The molecule has 0 bridgehead atoms. The summed E-state index contributed by atoms with van der Waals surface area (Å²) in [6, 6.07) is 4.80. The Balaban J connectivity index is 3.08. The van der Waals surface area contributed by atoms with Crippen molar-refractivity contribution in [3.8, 4) is 0 Å². The molecule has 0 fully saturated rings. The maximum atomic E-state index is 10.3. The van der Waals surface area contributed by atoms with E-state index in [1.54, 1.807) is 18.2 Å². The predicted molar refractivity (Wildman–Crippen MR) is 58.5 cm³/mol. The number of rotatable bonds is 3. The van der Waals surface area contributed by atoms with Crippen LogP contribution in [0.3, 0.4) is 0 Å². The van der Waals surface area contributed by atoms with Crippen molar-refractivity contribution in [2.75, 3.05) is 5.73 Å². The average Bonchev–Trinajstić information content (AvgIpc) is 2.16. The Morgan fingerprint density at radius 3 is 2.67 bits per heavy atom. The highest BCUT2D eigenvalue weighted by molar-refractivity contribution is 6.00. The van der Waals surface area contributed by atoms with Crippen LogP contribution in [-0.2, 0) is 4.79 Å². The number of carboxylic acid groups (broad SMARTS) is 1. The van der Waals surface area contributed by atoms with Gasteiger partial charge in [0.25, 0.3) is 0 Å². The topological polar surface area (TPSA) is 113 Å². The van der Waals surface area contributed by atoms with E-state index in [0.717, 1.165) is 6.08 Å². The van der Waals surface area contributed by atoms with Crippen molar-refractivity contribution in [2.24, 2.45) is 5.73 Å². The summed E-state index contributed by atoms with van der Waals surface area (Å²) in [5.41, 5.74) is 12.3. The summed E-state index contributed by atoms with van der Waals surface area (Å²) in [6.45, 7) is 0. The number of carboxylic acids is 1. The first-order valence-corrected chi connectivity index (χ1v) is 4.15. The molecule has 0 aliphatic carbocycles. The molecular weight excluding hydrogens is 194 g/mol. The quantitative estimate of drug-likeness (QED) is 0.251. The predicted octanol–water partition coefficient (Wildman–Crippen LogP) is 0.651. The van der Waals surface area contributed by atoms with E-state index in [1.807, 2.05) is 0 Å². The Morgan fingerprint density at radius 2 is 2.13 bits per heavy atom. The largest absolute Gasteiger partial charge is 0.478 e. The zero-order valence-electron chi connectivity index (χ0n) is 7.90. The molecule has 0 aromatic heterocycles. The minimum absolute atomic E-state index is 0.141. The Hall–Kier alpha value is -2.30. The fraction of sp³-hybridized carbons (Fsp3) is 0. The maximum absolute atomic E-state index is 10.3. The Kier molecular flexibility index (Phi) is 3.07. The van der Waals surface area contributed by atoms with Crippen molar-refractivity contribution >= 4 is 23.6 Å². The van der Waals surface area contributed by atoms with Crippen LogP contribution in [0.15, 0.2) is 24.3 Å². The molecule has 6 N–H and O–H groups in total. The lowest BCUT2D eigenvalue weighted by Gasteiger charge is -2.04. The Bertz CT molecular complexity index is 438. The smallest absolute Gasteiger partial charge is 0.328 e. The van der Waals surface area contributed by atoms with E-state index in [1.165, 1.54) is 6.08 Å². The zero-order valence-corrected chi connectivity index (χ0v) is 7.90. The van der Waals surface area contributed by atoms with Gasteiger partial charge in [-0.05, 0) is 23.8 Å². The molecule has 0 aliphatic heterocycles. The van der Waals surface area contributed by atoms with E-state index < -0.39 is 5.97 Å². The highest BCUT2D eigenvalue weighted by Crippen LogP contribution is 2.14. The molecule has 1 aromatic rings. The molecule has 1 aromatic carbocycles. The molecule has 0 unspecified atom stereocenters. The average molecular weight is 205 g/mol. The summed E-state index contributed by atoms with van der Waals surface area (Å²) in [7, 11) is 0. The summed E-state index contributed by atoms with van der Waals surface area (Å²) in [4.78, 5) is 10.3. The van der Waals surface area contributed by atoms with Crippen molar-refractivity contribution in [1.82, 2.24) is 0 Å². The van der Waals surface area contributed by atoms with Gasteiger partial charge in [-0.1, -0.05) is 6.07 Å². The molecule has 0 radical (unpaired) electrons. The van der Waals surface area contributed by atoms with Crippen LogP contribution in [-0.4, -0.2) is 16.9 Å². The van der Waals surface area contributed by atoms with E-state index in [9.17, 15) is 4.79 Å². The lowest BCUT2D eigenvalue weighted by Crippen LogP contribution is -2.13. The van der Waals surface area contributed by atoms with Crippen molar-refractivity contribution in [2.45, 2.75) is 0 Å². The number of nitrogens with two attached hydrogens (primary N) is 2. The summed E-state index contributed by atoms with van der Waals surface area (Å²) >= 11 is 0. The number of hydrogen-bond acceptors (Lipinski definition) is 3. The Morgan fingerprint density at radius 1 is 1.47 bits per heavy atom. The third-order valence-corrected chi connectivity index (χ3v) is 1.79. The lowest BCUT2D eigenvalue weighted by molar-refractivity contribution is -0.131. The van der Waals surface area contributed by atoms with Gasteiger partial charge in [0.15, 0.2) is 0 Å². The van der Waals surface area contributed by atoms with Gasteiger partial charge in [-0.25, -0.2) is 4.79 Å². The fourth-order valence-corrected chi connectivity index (χ4v) is 1.08. The van der Waals surface area contributed by atoms with Crippen molar-refractivity contribution in [3.05, 3.63) is 35.4 Å². The molecular formula is C10H11N3O2. The van der Waals surface area contributed by atoms with Crippen molar-refractivity contribution in [3.63, 3.8) is 0 Å². The minimum Gasteiger partial charge on any atom is -0.478 e. The zero-order chi connectivity index (χ0) is 11.4. The van der Waals surface area contributed by atoms with Crippen LogP contribution in [0.2, 0.25) is 0 Å². The van der Waals surface area contributed by atoms with Gasteiger partial charge < -0.3 is 16.6 Å².